The Kier molecular flexibility index (Phi) is 3.12. The molecule has 0 spiro atoms. The lowest BCUT2D eigenvalue weighted by Gasteiger charge is -2.22. The lowest BCUT2D eigenvalue weighted by molar-refractivity contribution is -0.256. The maximum atomic E-state index is 11.9. The SMILES string of the molecule is O=C([N]F)C(F)(F)C(F)(F)C(F)F. The molecule has 1 amide bonds. The Labute approximate surface area is 66.6 Å². The van der Waals surface area contributed by atoms with E-state index < -0.39 is 24.2 Å². The molecule has 9 heteroatoms. The van der Waals surface area contributed by atoms with Gasteiger partial charge in [0.1, 0.15) is 0 Å². The molecule has 0 heterocycles. The molecule has 0 atom stereocenters. The lowest BCUT2D eigenvalue weighted by Crippen LogP contribution is -2.53. The van der Waals surface area contributed by atoms with Crippen LogP contribution in [0, 0.1) is 0 Å². The van der Waals surface area contributed by atoms with Crippen LogP contribution in [0.4, 0.5) is 30.8 Å². The fourth-order valence-electron chi connectivity index (χ4n) is 0.333. The van der Waals surface area contributed by atoms with Gasteiger partial charge in [-0.05, 0) is 5.54 Å². The monoisotopic (exact) mass is 212 g/mol. The third-order valence-corrected chi connectivity index (χ3v) is 1.04. The molecule has 0 aromatic heterocycles. The average molecular weight is 212 g/mol. The molecule has 0 N–H and O–H groups in total. The topological polar surface area (TPSA) is 31.2 Å². The molecule has 1 radical (unpaired) electrons. The molecule has 13 heavy (non-hydrogen) atoms. The number of rotatable bonds is 3. The summed E-state index contributed by atoms with van der Waals surface area (Å²) in [5.74, 6) is -15.0. The third kappa shape index (κ3) is 1.83. The average Bonchev–Trinajstić information content (AvgIpc) is 2.02. The van der Waals surface area contributed by atoms with E-state index in [-0.39, 0.29) is 0 Å². The third-order valence-electron chi connectivity index (χ3n) is 1.04. The zero-order chi connectivity index (χ0) is 10.9. The lowest BCUT2D eigenvalue weighted by atomic mass is 10.1. The van der Waals surface area contributed by atoms with Crippen LogP contribution in [0.15, 0.2) is 0 Å². The van der Waals surface area contributed by atoms with Crippen molar-refractivity contribution in [3.8, 4) is 0 Å². The summed E-state index contributed by atoms with van der Waals surface area (Å²) in [6.07, 6.45) is -4.78. The van der Waals surface area contributed by atoms with Gasteiger partial charge in [-0.15, -0.1) is 0 Å². The number of carbonyl (C=O) groups is 1. The second-order valence-corrected chi connectivity index (χ2v) is 1.89. The van der Waals surface area contributed by atoms with E-state index in [4.69, 9.17) is 0 Å². The van der Waals surface area contributed by atoms with Crippen molar-refractivity contribution in [2.45, 2.75) is 18.3 Å². The van der Waals surface area contributed by atoms with Gasteiger partial charge >= 0.3 is 24.2 Å². The van der Waals surface area contributed by atoms with Crippen molar-refractivity contribution in [3.05, 3.63) is 0 Å². The van der Waals surface area contributed by atoms with Crippen LogP contribution >= 0.6 is 0 Å². The highest BCUT2D eigenvalue weighted by Gasteiger charge is 2.68. The summed E-state index contributed by atoms with van der Waals surface area (Å²) in [6.45, 7) is 0. The highest BCUT2D eigenvalue weighted by Crippen LogP contribution is 2.39. The highest BCUT2D eigenvalue weighted by atomic mass is 19.3. The van der Waals surface area contributed by atoms with Gasteiger partial charge in [0, 0.05) is 0 Å². The summed E-state index contributed by atoms with van der Waals surface area (Å²) in [5.41, 5.74) is 0.707. The van der Waals surface area contributed by atoms with Crippen LogP contribution in [-0.2, 0) is 4.79 Å². The quantitative estimate of drug-likeness (QED) is 0.652. The minimum Gasteiger partial charge on any atom is -0.263 e. The molecule has 0 saturated carbocycles. The zero-order valence-electron chi connectivity index (χ0n) is 5.58. The van der Waals surface area contributed by atoms with E-state index in [0.717, 1.165) is 0 Å². The van der Waals surface area contributed by atoms with Crippen LogP contribution in [0.1, 0.15) is 0 Å². The summed E-state index contributed by atoms with van der Waals surface area (Å²) in [7, 11) is 0. The van der Waals surface area contributed by atoms with Crippen molar-refractivity contribution in [1.82, 2.24) is 5.54 Å². The summed E-state index contributed by atoms with van der Waals surface area (Å²) >= 11 is 0. The molecule has 77 valence electrons. The van der Waals surface area contributed by atoms with Crippen LogP contribution in [0.2, 0.25) is 0 Å². The minimum absolute atomic E-state index is 0.707. The molecule has 0 saturated heterocycles. The summed E-state index contributed by atoms with van der Waals surface area (Å²) in [4.78, 5) is 9.68. The van der Waals surface area contributed by atoms with Crippen molar-refractivity contribution >= 4 is 5.91 Å². The molecule has 0 aliphatic carbocycles. The second-order valence-electron chi connectivity index (χ2n) is 1.89. The number of alkyl halides is 6. The molecular weight excluding hydrogens is 211 g/mol. The molecule has 0 rings (SSSR count). The van der Waals surface area contributed by atoms with Gasteiger partial charge in [-0.2, -0.15) is 17.6 Å². The van der Waals surface area contributed by atoms with Crippen LogP contribution < -0.4 is 5.54 Å². The van der Waals surface area contributed by atoms with E-state index in [0.29, 0.717) is 5.54 Å². The van der Waals surface area contributed by atoms with Crippen LogP contribution in [0.5, 0.6) is 0 Å². The van der Waals surface area contributed by atoms with Gasteiger partial charge in [-0.25, -0.2) is 8.78 Å². The molecule has 2 nitrogen and oxygen atoms in total. The first-order chi connectivity index (χ1) is 5.67. The Morgan fingerprint density at radius 2 is 1.54 bits per heavy atom. The summed E-state index contributed by atoms with van der Waals surface area (Å²) < 4.78 is 80.9. The largest absolute Gasteiger partial charge is 0.396 e. The van der Waals surface area contributed by atoms with Crippen molar-refractivity contribution < 1.29 is 35.6 Å². The number of halogens is 7. The van der Waals surface area contributed by atoms with Gasteiger partial charge in [0.25, 0.3) is 0 Å². The van der Waals surface area contributed by atoms with Gasteiger partial charge in [-0.3, -0.25) is 4.79 Å². The normalized spacial score (nSPS) is 13.2. The number of hydrogen-bond donors (Lipinski definition) is 0. The van der Waals surface area contributed by atoms with Crippen LogP contribution in [0.3, 0.4) is 0 Å². The smallest absolute Gasteiger partial charge is 0.263 e. The first-order valence-electron chi connectivity index (χ1n) is 2.58. The Morgan fingerprint density at radius 1 is 1.15 bits per heavy atom. The highest BCUT2D eigenvalue weighted by molar-refractivity contribution is 5.83. The van der Waals surface area contributed by atoms with Gasteiger partial charge in [0.15, 0.2) is 0 Å². The molecule has 0 aliphatic heterocycles. The predicted molar refractivity (Wildman–Crippen MR) is 24.1 cm³/mol. The second kappa shape index (κ2) is 3.38. The Hall–Kier alpha value is -1.02. The van der Waals surface area contributed by atoms with Crippen molar-refractivity contribution in [3.63, 3.8) is 0 Å². The number of nitrogens with zero attached hydrogens (tertiary/aromatic N) is 1. The Bertz CT molecular complexity index is 203. The van der Waals surface area contributed by atoms with Crippen LogP contribution in [0.25, 0.3) is 0 Å². The Balaban J connectivity index is 4.91. The van der Waals surface area contributed by atoms with Crippen molar-refractivity contribution in [2.75, 3.05) is 0 Å². The molecule has 0 aromatic rings. The van der Waals surface area contributed by atoms with Crippen molar-refractivity contribution in [2.24, 2.45) is 0 Å². The molecule has 0 bridgehead atoms. The summed E-state index contributed by atoms with van der Waals surface area (Å²) in [6, 6.07) is 0. The number of carbonyl (C=O) groups excluding carboxylic acids is 1. The summed E-state index contributed by atoms with van der Waals surface area (Å²) in [5, 5.41) is 0. The van der Waals surface area contributed by atoms with E-state index in [1.54, 1.807) is 0 Å². The van der Waals surface area contributed by atoms with E-state index in [9.17, 15) is 35.6 Å². The molecule has 0 aliphatic rings. The van der Waals surface area contributed by atoms with E-state index in [1.165, 1.54) is 0 Å². The molecular formula is C4HF7NO. The first-order valence-corrected chi connectivity index (χ1v) is 2.58. The minimum atomic E-state index is -5.93. The molecule has 0 unspecified atom stereocenters. The first kappa shape index (κ1) is 12.0. The maximum absolute atomic E-state index is 11.9. The molecule has 0 fully saturated rings. The zero-order valence-corrected chi connectivity index (χ0v) is 5.58. The Morgan fingerprint density at radius 3 is 1.77 bits per heavy atom. The van der Waals surface area contributed by atoms with Gasteiger partial charge in [-0.1, -0.05) is 4.48 Å². The standard InChI is InChI=1S/C4HF7NO/c5-1(6)3(7,8)4(9,10)2(13)12-11/h1H. The number of hydrogen-bond acceptors (Lipinski definition) is 1. The number of amides is 1. The van der Waals surface area contributed by atoms with E-state index in [2.05, 4.69) is 0 Å². The van der Waals surface area contributed by atoms with Crippen LogP contribution in [-0.4, -0.2) is 24.2 Å². The van der Waals surface area contributed by atoms with Gasteiger partial charge < -0.3 is 0 Å². The van der Waals surface area contributed by atoms with E-state index >= 15 is 0 Å². The van der Waals surface area contributed by atoms with Gasteiger partial charge in [0.05, 0.1) is 0 Å². The van der Waals surface area contributed by atoms with Gasteiger partial charge in [0.2, 0.25) is 0 Å². The van der Waals surface area contributed by atoms with Crippen molar-refractivity contribution in [1.29, 1.82) is 0 Å². The fourth-order valence-corrected chi connectivity index (χ4v) is 0.333. The van der Waals surface area contributed by atoms with E-state index in [1.807, 2.05) is 0 Å². The maximum Gasteiger partial charge on any atom is 0.396 e. The fraction of sp³-hybridized carbons (Fsp3) is 0.750. The molecule has 0 aromatic carbocycles. The predicted octanol–water partition coefficient (Wildman–Crippen LogP) is 1.54.